The van der Waals surface area contributed by atoms with Crippen LogP contribution >= 0.6 is 11.6 Å². The van der Waals surface area contributed by atoms with Crippen molar-refractivity contribution in [2.45, 2.75) is 44.6 Å². The largest absolute Gasteiger partial charge is 0.497 e. The molecular formula is C30H40ClN6O3+. The summed E-state index contributed by atoms with van der Waals surface area (Å²) in [6.45, 7) is 3.98. The number of nitrogen functional groups attached to an aromatic ring is 2. The molecule has 10 heteroatoms. The zero-order chi connectivity index (χ0) is 28.5. The number of piperidine rings is 1. The smallest absolute Gasteiger partial charge is 0.274 e. The first-order chi connectivity index (χ1) is 19.3. The van der Waals surface area contributed by atoms with Crippen molar-refractivity contribution in [2.24, 2.45) is 0 Å². The van der Waals surface area contributed by atoms with E-state index in [0.29, 0.717) is 0 Å². The van der Waals surface area contributed by atoms with Crippen LogP contribution < -0.4 is 26.3 Å². The number of halogens is 1. The van der Waals surface area contributed by atoms with E-state index in [0.717, 1.165) is 80.7 Å². The highest BCUT2D eigenvalue weighted by Gasteiger charge is 2.35. The summed E-state index contributed by atoms with van der Waals surface area (Å²) >= 11 is 6.02. The van der Waals surface area contributed by atoms with Crippen molar-refractivity contribution in [3.63, 3.8) is 0 Å². The molecule has 0 radical (unpaired) electrons. The SMILES string of the molecule is COc1cccc(CCC[N+]2(CCCc3cccc(OC)c3)CCCC(NC(=O)c3nc(Cl)c(N)nc3N)C2)c1. The molecule has 1 fully saturated rings. The van der Waals surface area contributed by atoms with Gasteiger partial charge in [-0.2, -0.15) is 0 Å². The number of carbonyl (C=O) groups excluding carboxylic acids is 1. The van der Waals surface area contributed by atoms with E-state index in [-0.39, 0.29) is 34.4 Å². The molecule has 9 nitrogen and oxygen atoms in total. The number of likely N-dealkylation sites (tertiary alicyclic amines) is 1. The van der Waals surface area contributed by atoms with Crippen molar-refractivity contribution < 1.29 is 18.8 Å². The van der Waals surface area contributed by atoms with Gasteiger partial charge in [-0.3, -0.25) is 4.79 Å². The summed E-state index contributed by atoms with van der Waals surface area (Å²) in [4.78, 5) is 21.1. The number of rotatable bonds is 12. The Morgan fingerprint density at radius 2 is 1.57 bits per heavy atom. The average molecular weight is 568 g/mol. The lowest BCUT2D eigenvalue weighted by Crippen LogP contribution is -2.60. The third-order valence-corrected chi connectivity index (χ3v) is 7.99. The van der Waals surface area contributed by atoms with E-state index in [1.807, 2.05) is 24.3 Å². The molecule has 1 aliphatic heterocycles. The van der Waals surface area contributed by atoms with Crippen LogP contribution in [-0.4, -0.2) is 66.8 Å². The van der Waals surface area contributed by atoms with Crippen LogP contribution in [0.3, 0.4) is 0 Å². The Hall–Kier alpha value is -3.56. The Morgan fingerprint density at radius 1 is 0.975 bits per heavy atom. The van der Waals surface area contributed by atoms with E-state index in [2.05, 4.69) is 39.6 Å². The van der Waals surface area contributed by atoms with Crippen LogP contribution in [0.15, 0.2) is 48.5 Å². The van der Waals surface area contributed by atoms with Crippen molar-refractivity contribution in [1.29, 1.82) is 0 Å². The van der Waals surface area contributed by atoms with Crippen LogP contribution in [0.25, 0.3) is 0 Å². The molecule has 1 saturated heterocycles. The standard InChI is InChI=1S/C30H39ClN6O3/c1-39-24-13-3-8-21(18-24)10-5-15-37(16-6-11-22-9-4-14-25(19-22)40-2)17-7-12-23(20-37)34-30(38)26-28(32)36-29(33)27(31)35-26/h3-4,8-9,13-14,18-19,23H,5-7,10-12,15-17,20H2,1-2H3,(H4-,32,33,34,36,38)/p+1. The molecule has 0 aliphatic carbocycles. The number of amides is 1. The first-order valence-corrected chi connectivity index (χ1v) is 14.2. The van der Waals surface area contributed by atoms with E-state index >= 15 is 0 Å². The molecule has 2 aromatic carbocycles. The van der Waals surface area contributed by atoms with Crippen LogP contribution in [-0.2, 0) is 12.8 Å². The van der Waals surface area contributed by atoms with Gasteiger partial charge >= 0.3 is 0 Å². The van der Waals surface area contributed by atoms with Gasteiger partial charge in [0.2, 0.25) is 0 Å². The number of hydrogen-bond acceptors (Lipinski definition) is 7. The number of aromatic nitrogens is 2. The maximum atomic E-state index is 13.1. The van der Waals surface area contributed by atoms with Crippen molar-refractivity contribution in [3.05, 3.63) is 70.5 Å². The van der Waals surface area contributed by atoms with Gasteiger partial charge in [0.1, 0.15) is 11.5 Å². The maximum Gasteiger partial charge on any atom is 0.274 e. The molecule has 4 rings (SSSR count). The number of aryl methyl sites for hydroxylation is 2. The average Bonchev–Trinajstić information content (AvgIpc) is 2.95. The number of nitrogens with two attached hydrogens (primary N) is 2. The molecule has 0 spiro atoms. The summed E-state index contributed by atoms with van der Waals surface area (Å²) in [5, 5.41) is 3.13. The Labute approximate surface area is 241 Å². The fraction of sp³-hybridized carbons (Fsp3) is 0.433. The highest BCUT2D eigenvalue weighted by molar-refractivity contribution is 6.31. The van der Waals surface area contributed by atoms with Gasteiger partial charge in [0.25, 0.3) is 5.91 Å². The molecule has 40 heavy (non-hydrogen) atoms. The lowest BCUT2D eigenvalue weighted by Gasteiger charge is -2.45. The van der Waals surface area contributed by atoms with Gasteiger partial charge in [0, 0.05) is 12.8 Å². The van der Waals surface area contributed by atoms with Crippen LogP contribution in [0.2, 0.25) is 5.15 Å². The number of ether oxygens (including phenoxy) is 2. The molecule has 0 bridgehead atoms. The van der Waals surface area contributed by atoms with E-state index in [1.54, 1.807) is 14.2 Å². The number of nitrogens with one attached hydrogen (secondary N) is 1. The molecule has 2 heterocycles. The predicted octanol–water partition coefficient (Wildman–Crippen LogP) is 4.29. The van der Waals surface area contributed by atoms with Crippen LogP contribution in [0.4, 0.5) is 11.6 Å². The first kappa shape index (κ1) is 29.4. The topological polar surface area (TPSA) is 125 Å². The van der Waals surface area contributed by atoms with Crippen LogP contribution in [0.5, 0.6) is 11.5 Å². The Kier molecular flexibility index (Phi) is 10.1. The van der Waals surface area contributed by atoms with Crippen molar-refractivity contribution in [1.82, 2.24) is 15.3 Å². The Bertz CT molecular complexity index is 1250. The monoisotopic (exact) mass is 567 g/mol. The molecule has 0 saturated carbocycles. The minimum Gasteiger partial charge on any atom is -0.497 e. The maximum absolute atomic E-state index is 13.1. The second-order valence-electron chi connectivity index (χ2n) is 10.6. The predicted molar refractivity (Wildman–Crippen MR) is 159 cm³/mol. The first-order valence-electron chi connectivity index (χ1n) is 13.8. The summed E-state index contributed by atoms with van der Waals surface area (Å²) in [6, 6.07) is 16.5. The Balaban J connectivity index is 1.45. The molecule has 1 atom stereocenters. The minimum atomic E-state index is -0.371. The summed E-state index contributed by atoms with van der Waals surface area (Å²) in [6.07, 6.45) is 5.94. The molecule has 1 amide bonds. The summed E-state index contributed by atoms with van der Waals surface area (Å²) < 4.78 is 11.8. The van der Waals surface area contributed by atoms with E-state index in [1.165, 1.54) is 11.1 Å². The summed E-state index contributed by atoms with van der Waals surface area (Å²) in [7, 11) is 3.39. The molecule has 1 aromatic heterocycles. The second-order valence-corrected chi connectivity index (χ2v) is 10.9. The molecule has 1 unspecified atom stereocenters. The minimum absolute atomic E-state index is 0.00702. The number of benzene rings is 2. The van der Waals surface area contributed by atoms with Gasteiger partial charge in [0.05, 0.1) is 46.4 Å². The zero-order valence-electron chi connectivity index (χ0n) is 23.4. The van der Waals surface area contributed by atoms with Crippen LogP contribution in [0.1, 0.15) is 47.3 Å². The van der Waals surface area contributed by atoms with Gasteiger partial charge in [0.15, 0.2) is 22.5 Å². The number of carbonyl (C=O) groups is 1. The van der Waals surface area contributed by atoms with Crippen molar-refractivity contribution >= 4 is 29.1 Å². The summed E-state index contributed by atoms with van der Waals surface area (Å²) in [5.41, 5.74) is 14.2. The lowest BCUT2D eigenvalue weighted by atomic mass is 9.99. The number of anilines is 2. The van der Waals surface area contributed by atoms with Gasteiger partial charge < -0.3 is 30.7 Å². The number of methoxy groups -OCH3 is 2. The molecule has 1 aliphatic rings. The molecular weight excluding hydrogens is 528 g/mol. The van der Waals surface area contributed by atoms with Crippen molar-refractivity contribution in [3.8, 4) is 11.5 Å². The third kappa shape index (κ3) is 7.76. The third-order valence-electron chi connectivity index (χ3n) is 7.71. The number of hydrogen-bond donors (Lipinski definition) is 3. The lowest BCUT2D eigenvalue weighted by molar-refractivity contribution is -0.933. The second kappa shape index (κ2) is 13.7. The van der Waals surface area contributed by atoms with Crippen LogP contribution in [0, 0.1) is 0 Å². The molecule has 214 valence electrons. The fourth-order valence-electron chi connectivity index (χ4n) is 5.71. The number of nitrogens with zero attached hydrogens (tertiary/aromatic N) is 3. The van der Waals surface area contributed by atoms with Gasteiger partial charge in [-0.05, 0) is 61.1 Å². The van der Waals surface area contributed by atoms with E-state index in [4.69, 9.17) is 32.5 Å². The van der Waals surface area contributed by atoms with E-state index < -0.39 is 0 Å². The summed E-state index contributed by atoms with van der Waals surface area (Å²) in [5.74, 6) is 1.38. The number of quaternary nitrogens is 1. The molecule has 3 aromatic rings. The normalized spacial score (nSPS) is 16.3. The van der Waals surface area contributed by atoms with Crippen molar-refractivity contribution in [2.75, 3.05) is 51.9 Å². The van der Waals surface area contributed by atoms with Gasteiger partial charge in [-0.15, -0.1) is 0 Å². The highest BCUT2D eigenvalue weighted by Crippen LogP contribution is 2.25. The van der Waals surface area contributed by atoms with Gasteiger partial charge in [-0.1, -0.05) is 35.9 Å². The fourth-order valence-corrected chi connectivity index (χ4v) is 5.84. The van der Waals surface area contributed by atoms with E-state index in [9.17, 15) is 4.79 Å². The van der Waals surface area contributed by atoms with Gasteiger partial charge in [-0.25, -0.2) is 9.97 Å². The Morgan fingerprint density at radius 3 is 2.15 bits per heavy atom. The molecule has 5 N–H and O–H groups in total. The highest BCUT2D eigenvalue weighted by atomic mass is 35.5. The zero-order valence-corrected chi connectivity index (χ0v) is 24.1. The quantitative estimate of drug-likeness (QED) is 0.279.